The highest BCUT2D eigenvalue weighted by Crippen LogP contribution is 2.13. The summed E-state index contributed by atoms with van der Waals surface area (Å²) >= 11 is 0. The summed E-state index contributed by atoms with van der Waals surface area (Å²) in [6, 6.07) is 8.55. The zero-order chi connectivity index (χ0) is 18.2. The van der Waals surface area contributed by atoms with Crippen molar-refractivity contribution in [3.8, 4) is 0 Å². The number of nitrogens with zero attached hydrogens (tertiary/aromatic N) is 3. The Morgan fingerprint density at radius 3 is 2.62 bits per heavy atom. The Labute approximate surface area is 155 Å². The lowest BCUT2D eigenvalue weighted by molar-refractivity contribution is -0.121. The number of amides is 1. The molecule has 0 spiro atoms. The molecule has 140 valence electrons. The van der Waals surface area contributed by atoms with Crippen LogP contribution in [-0.2, 0) is 30.7 Å². The Morgan fingerprint density at radius 1 is 1.19 bits per heavy atom. The van der Waals surface area contributed by atoms with E-state index in [-0.39, 0.29) is 5.91 Å². The second-order valence-electron chi connectivity index (χ2n) is 6.89. The third-order valence-electron chi connectivity index (χ3n) is 4.74. The fourth-order valence-corrected chi connectivity index (χ4v) is 3.19. The molecule has 0 bridgehead atoms. The van der Waals surface area contributed by atoms with E-state index in [0.29, 0.717) is 31.7 Å². The van der Waals surface area contributed by atoms with Crippen molar-refractivity contribution in [2.45, 2.75) is 58.5 Å². The second kappa shape index (κ2) is 9.48. The van der Waals surface area contributed by atoms with Crippen molar-refractivity contribution in [2.75, 3.05) is 13.1 Å². The van der Waals surface area contributed by atoms with Gasteiger partial charge in [0, 0.05) is 32.4 Å². The number of likely N-dealkylation sites (tertiary alicyclic amines) is 1. The maximum absolute atomic E-state index is 12.0. The van der Waals surface area contributed by atoms with Gasteiger partial charge >= 0.3 is 0 Å². The lowest BCUT2D eigenvalue weighted by Gasteiger charge is -2.14. The molecule has 2 aromatic rings. The van der Waals surface area contributed by atoms with Gasteiger partial charge in [0.2, 0.25) is 11.8 Å². The number of nitrogens with one attached hydrogen (secondary N) is 1. The number of rotatable bonds is 9. The summed E-state index contributed by atoms with van der Waals surface area (Å²) in [5, 5.41) is 6.84. The molecule has 1 fully saturated rings. The predicted octanol–water partition coefficient (Wildman–Crippen LogP) is 2.87. The average molecular weight is 356 g/mol. The first-order chi connectivity index (χ1) is 12.7. The normalized spacial score (nSPS) is 14.7. The molecule has 0 aliphatic carbocycles. The van der Waals surface area contributed by atoms with Gasteiger partial charge in [-0.1, -0.05) is 36.3 Å². The number of aryl methyl sites for hydroxylation is 2. The van der Waals surface area contributed by atoms with Gasteiger partial charge in [0.1, 0.15) is 0 Å². The van der Waals surface area contributed by atoms with Gasteiger partial charge in [-0.05, 0) is 43.5 Å². The van der Waals surface area contributed by atoms with Crippen LogP contribution < -0.4 is 5.32 Å². The van der Waals surface area contributed by atoms with Crippen molar-refractivity contribution >= 4 is 5.91 Å². The topological polar surface area (TPSA) is 71.3 Å². The van der Waals surface area contributed by atoms with E-state index in [1.807, 2.05) is 6.92 Å². The molecule has 0 radical (unpaired) electrons. The van der Waals surface area contributed by atoms with Gasteiger partial charge in [0.05, 0.1) is 0 Å². The molecule has 6 nitrogen and oxygen atoms in total. The predicted molar refractivity (Wildman–Crippen MR) is 99.4 cm³/mol. The fraction of sp³-hybridized carbons (Fsp3) is 0.550. The van der Waals surface area contributed by atoms with Gasteiger partial charge in [0.25, 0.3) is 0 Å². The molecule has 1 aliphatic heterocycles. The van der Waals surface area contributed by atoms with Crippen LogP contribution in [0.4, 0.5) is 0 Å². The first-order valence-electron chi connectivity index (χ1n) is 9.61. The van der Waals surface area contributed by atoms with Crippen molar-refractivity contribution in [3.63, 3.8) is 0 Å². The monoisotopic (exact) mass is 356 g/mol. The van der Waals surface area contributed by atoms with Crippen LogP contribution in [0.25, 0.3) is 0 Å². The molecule has 1 saturated heterocycles. The Hall–Kier alpha value is -2.21. The summed E-state index contributed by atoms with van der Waals surface area (Å²) in [4.78, 5) is 18.7. The highest BCUT2D eigenvalue weighted by molar-refractivity contribution is 5.75. The molecule has 0 saturated carbocycles. The molecule has 1 aliphatic rings. The average Bonchev–Trinajstić information content (AvgIpc) is 3.33. The van der Waals surface area contributed by atoms with E-state index in [9.17, 15) is 4.79 Å². The van der Waals surface area contributed by atoms with E-state index in [2.05, 4.69) is 44.6 Å². The molecular formula is C20H28N4O2. The Bertz CT molecular complexity index is 690. The van der Waals surface area contributed by atoms with Gasteiger partial charge in [-0.2, -0.15) is 4.98 Å². The molecular weight excluding hydrogens is 328 g/mol. The van der Waals surface area contributed by atoms with Crippen LogP contribution in [0.1, 0.15) is 55.4 Å². The van der Waals surface area contributed by atoms with Crippen LogP contribution in [0.2, 0.25) is 0 Å². The van der Waals surface area contributed by atoms with Crippen molar-refractivity contribution in [1.29, 1.82) is 0 Å². The number of carbonyl (C=O) groups is 1. The lowest BCUT2D eigenvalue weighted by Crippen LogP contribution is -2.22. The van der Waals surface area contributed by atoms with E-state index >= 15 is 0 Å². The summed E-state index contributed by atoms with van der Waals surface area (Å²) in [5.41, 5.74) is 2.47. The quantitative estimate of drug-likeness (QED) is 0.748. The second-order valence-corrected chi connectivity index (χ2v) is 6.89. The van der Waals surface area contributed by atoms with Gasteiger partial charge in [-0.3, -0.25) is 9.69 Å². The van der Waals surface area contributed by atoms with E-state index in [1.54, 1.807) is 0 Å². The zero-order valence-corrected chi connectivity index (χ0v) is 15.5. The fourth-order valence-electron chi connectivity index (χ4n) is 3.19. The van der Waals surface area contributed by atoms with E-state index in [4.69, 9.17) is 4.52 Å². The molecule has 2 heterocycles. The number of benzene rings is 1. The third kappa shape index (κ3) is 5.66. The largest absolute Gasteiger partial charge is 0.352 e. The Balaban J connectivity index is 1.34. The van der Waals surface area contributed by atoms with Crippen LogP contribution in [-0.4, -0.2) is 34.0 Å². The van der Waals surface area contributed by atoms with Gasteiger partial charge in [0.15, 0.2) is 5.82 Å². The van der Waals surface area contributed by atoms with Crippen LogP contribution >= 0.6 is 0 Å². The standard InChI is InChI=1S/C20H28N4O2/c1-2-18-22-20(26-23-18)7-5-6-19(25)21-14-16-8-10-17(11-9-16)15-24-12-3-4-13-24/h8-11H,2-7,12-15H2,1H3,(H,21,25). The summed E-state index contributed by atoms with van der Waals surface area (Å²) in [6.45, 7) is 6.01. The summed E-state index contributed by atoms with van der Waals surface area (Å²) in [5.74, 6) is 1.39. The van der Waals surface area contributed by atoms with Crippen molar-refractivity contribution in [3.05, 3.63) is 47.1 Å². The molecule has 26 heavy (non-hydrogen) atoms. The molecule has 1 aromatic heterocycles. The molecule has 0 atom stereocenters. The highest BCUT2D eigenvalue weighted by Gasteiger charge is 2.11. The molecule has 3 rings (SSSR count). The first-order valence-corrected chi connectivity index (χ1v) is 9.61. The minimum absolute atomic E-state index is 0.0568. The number of hydrogen-bond acceptors (Lipinski definition) is 5. The first kappa shape index (κ1) is 18.6. The molecule has 1 N–H and O–H groups in total. The van der Waals surface area contributed by atoms with E-state index < -0.39 is 0 Å². The van der Waals surface area contributed by atoms with Crippen LogP contribution in [0.15, 0.2) is 28.8 Å². The van der Waals surface area contributed by atoms with Crippen molar-refractivity contribution < 1.29 is 9.32 Å². The minimum Gasteiger partial charge on any atom is -0.352 e. The van der Waals surface area contributed by atoms with E-state index in [0.717, 1.165) is 24.4 Å². The van der Waals surface area contributed by atoms with Gasteiger partial charge < -0.3 is 9.84 Å². The molecule has 6 heteroatoms. The SMILES string of the molecule is CCc1noc(CCCC(=O)NCc2ccc(CN3CCCC3)cc2)n1. The van der Waals surface area contributed by atoms with Gasteiger partial charge in [-0.15, -0.1) is 0 Å². The van der Waals surface area contributed by atoms with Crippen LogP contribution in [0.3, 0.4) is 0 Å². The van der Waals surface area contributed by atoms with Gasteiger partial charge in [-0.25, -0.2) is 0 Å². The number of hydrogen-bond donors (Lipinski definition) is 1. The lowest BCUT2D eigenvalue weighted by atomic mass is 10.1. The van der Waals surface area contributed by atoms with Crippen molar-refractivity contribution in [2.24, 2.45) is 0 Å². The smallest absolute Gasteiger partial charge is 0.226 e. The van der Waals surface area contributed by atoms with Crippen molar-refractivity contribution in [1.82, 2.24) is 20.4 Å². The summed E-state index contributed by atoms with van der Waals surface area (Å²) < 4.78 is 5.13. The van der Waals surface area contributed by atoms with E-state index in [1.165, 1.54) is 31.5 Å². The summed E-state index contributed by atoms with van der Waals surface area (Å²) in [6.07, 6.45) is 5.22. The maximum Gasteiger partial charge on any atom is 0.226 e. The Kier molecular flexibility index (Phi) is 6.77. The minimum atomic E-state index is 0.0568. The Morgan fingerprint density at radius 2 is 1.92 bits per heavy atom. The molecule has 1 amide bonds. The highest BCUT2D eigenvalue weighted by atomic mass is 16.5. The molecule has 1 aromatic carbocycles. The third-order valence-corrected chi connectivity index (χ3v) is 4.74. The molecule has 0 unspecified atom stereocenters. The van der Waals surface area contributed by atoms with Crippen LogP contribution in [0.5, 0.6) is 0 Å². The van der Waals surface area contributed by atoms with Crippen LogP contribution in [0, 0.1) is 0 Å². The maximum atomic E-state index is 12.0. The zero-order valence-electron chi connectivity index (χ0n) is 15.5. The number of carbonyl (C=O) groups excluding carboxylic acids is 1. The number of aromatic nitrogens is 2. The summed E-state index contributed by atoms with van der Waals surface area (Å²) in [7, 11) is 0.